The van der Waals surface area contributed by atoms with Crippen LogP contribution in [0.15, 0.2) is 59.0 Å². The molecule has 0 unspecified atom stereocenters. The quantitative estimate of drug-likeness (QED) is 0.403. The van der Waals surface area contributed by atoms with E-state index in [-0.39, 0.29) is 5.91 Å². The minimum Gasteiger partial charge on any atom is -0.457 e. The fraction of sp³-hybridized carbons (Fsp3) is 0. The number of anilines is 2. The molecule has 4 nitrogen and oxygen atoms in total. The van der Waals surface area contributed by atoms with Gasteiger partial charge in [0, 0.05) is 22.3 Å². The van der Waals surface area contributed by atoms with Crippen molar-refractivity contribution >= 4 is 58.2 Å². The van der Waals surface area contributed by atoms with Crippen molar-refractivity contribution in [3.05, 3.63) is 75.4 Å². The van der Waals surface area contributed by atoms with Gasteiger partial charge < -0.3 is 15.5 Å². The van der Waals surface area contributed by atoms with Crippen LogP contribution < -0.4 is 11.1 Å². The van der Waals surface area contributed by atoms with Crippen LogP contribution in [0.25, 0.3) is 17.4 Å². The van der Waals surface area contributed by atoms with Gasteiger partial charge >= 0.3 is 0 Å². The molecule has 26 heavy (non-hydrogen) atoms. The molecule has 132 valence electrons. The fourth-order valence-electron chi connectivity index (χ4n) is 2.24. The predicted octanol–water partition coefficient (Wildman–Crippen LogP) is 6.14. The van der Waals surface area contributed by atoms with Crippen molar-refractivity contribution in [3.8, 4) is 11.3 Å². The number of nitrogens with two attached hydrogens (primary N) is 1. The smallest absolute Gasteiger partial charge is 0.248 e. The van der Waals surface area contributed by atoms with Gasteiger partial charge in [0.25, 0.3) is 0 Å². The molecule has 3 N–H and O–H groups in total. The highest BCUT2D eigenvalue weighted by Crippen LogP contribution is 2.31. The SMILES string of the molecule is Nc1ccc(NC(=O)/C=C/c2ccc(-c3ccc(Cl)cc3Cl)o2)c(Cl)c1. The summed E-state index contributed by atoms with van der Waals surface area (Å²) in [4.78, 5) is 12.0. The summed E-state index contributed by atoms with van der Waals surface area (Å²) in [6, 6.07) is 13.5. The summed E-state index contributed by atoms with van der Waals surface area (Å²) in [5.41, 5.74) is 7.33. The number of nitrogens with one attached hydrogen (secondary N) is 1. The van der Waals surface area contributed by atoms with E-state index in [1.165, 1.54) is 6.08 Å². The van der Waals surface area contributed by atoms with Crippen LogP contribution >= 0.6 is 34.8 Å². The Morgan fingerprint density at radius 2 is 1.81 bits per heavy atom. The predicted molar refractivity (Wildman–Crippen MR) is 108 cm³/mol. The van der Waals surface area contributed by atoms with Crippen molar-refractivity contribution in [2.75, 3.05) is 11.1 Å². The molecule has 0 saturated carbocycles. The number of nitrogen functional groups attached to an aromatic ring is 1. The number of furan rings is 1. The van der Waals surface area contributed by atoms with Gasteiger partial charge in [0.15, 0.2) is 0 Å². The minimum absolute atomic E-state index is 0.348. The van der Waals surface area contributed by atoms with Gasteiger partial charge in [0.2, 0.25) is 5.91 Å². The van der Waals surface area contributed by atoms with Gasteiger partial charge in [-0.2, -0.15) is 0 Å². The van der Waals surface area contributed by atoms with Crippen molar-refractivity contribution in [1.29, 1.82) is 0 Å². The van der Waals surface area contributed by atoms with E-state index in [1.54, 1.807) is 54.6 Å². The molecule has 0 aliphatic heterocycles. The maximum atomic E-state index is 12.0. The molecule has 0 atom stereocenters. The summed E-state index contributed by atoms with van der Waals surface area (Å²) in [7, 11) is 0. The molecule has 3 rings (SSSR count). The first kappa shape index (κ1) is 18.4. The zero-order valence-electron chi connectivity index (χ0n) is 13.3. The molecule has 1 heterocycles. The Hall–Kier alpha value is -2.40. The third-order valence-corrected chi connectivity index (χ3v) is 4.33. The lowest BCUT2D eigenvalue weighted by Crippen LogP contribution is -2.08. The van der Waals surface area contributed by atoms with Crippen LogP contribution in [0, 0.1) is 0 Å². The molecule has 0 saturated heterocycles. The molecule has 1 aromatic heterocycles. The van der Waals surface area contributed by atoms with Crippen molar-refractivity contribution in [1.82, 2.24) is 0 Å². The summed E-state index contributed by atoms with van der Waals surface area (Å²) < 4.78 is 5.69. The topological polar surface area (TPSA) is 68.3 Å². The Labute approximate surface area is 165 Å². The van der Waals surface area contributed by atoms with Crippen LogP contribution in [-0.4, -0.2) is 5.91 Å². The number of hydrogen-bond acceptors (Lipinski definition) is 3. The Morgan fingerprint density at radius 1 is 1.00 bits per heavy atom. The van der Waals surface area contributed by atoms with E-state index in [0.717, 1.165) is 0 Å². The number of carbonyl (C=O) groups excluding carboxylic acids is 1. The van der Waals surface area contributed by atoms with E-state index < -0.39 is 0 Å². The lowest BCUT2D eigenvalue weighted by molar-refractivity contribution is -0.111. The van der Waals surface area contributed by atoms with E-state index in [4.69, 9.17) is 45.0 Å². The second-order valence-electron chi connectivity index (χ2n) is 5.39. The first-order valence-electron chi connectivity index (χ1n) is 7.52. The average Bonchev–Trinajstić information content (AvgIpc) is 3.04. The van der Waals surface area contributed by atoms with Crippen LogP contribution in [0.5, 0.6) is 0 Å². The molecule has 0 aliphatic carbocycles. The lowest BCUT2D eigenvalue weighted by Gasteiger charge is -2.05. The minimum atomic E-state index is -0.348. The van der Waals surface area contributed by atoms with E-state index >= 15 is 0 Å². The van der Waals surface area contributed by atoms with Gasteiger partial charge in [-0.25, -0.2) is 0 Å². The fourth-order valence-corrected chi connectivity index (χ4v) is 2.98. The average molecular weight is 408 g/mol. The zero-order chi connectivity index (χ0) is 18.7. The Morgan fingerprint density at radius 3 is 2.54 bits per heavy atom. The van der Waals surface area contributed by atoms with Gasteiger partial charge in [-0.05, 0) is 54.6 Å². The molecule has 0 radical (unpaired) electrons. The maximum absolute atomic E-state index is 12.0. The number of benzene rings is 2. The molecule has 2 aromatic carbocycles. The highest BCUT2D eigenvalue weighted by Gasteiger charge is 2.09. The normalized spacial score (nSPS) is 11.0. The summed E-state index contributed by atoms with van der Waals surface area (Å²) in [6.07, 6.45) is 2.90. The van der Waals surface area contributed by atoms with Gasteiger partial charge in [0.1, 0.15) is 11.5 Å². The van der Waals surface area contributed by atoms with E-state index in [1.807, 2.05) is 0 Å². The van der Waals surface area contributed by atoms with E-state index in [0.29, 0.717) is 43.5 Å². The molecular formula is C19H13Cl3N2O2. The standard InChI is InChI=1S/C19H13Cl3N2O2/c20-11-1-5-14(15(21)9-11)18-7-3-13(26-18)4-8-19(25)24-17-6-2-12(23)10-16(17)22/h1-10H,23H2,(H,24,25)/b8-4+. The highest BCUT2D eigenvalue weighted by molar-refractivity contribution is 6.36. The van der Waals surface area contributed by atoms with Crippen molar-refractivity contribution in [3.63, 3.8) is 0 Å². The van der Waals surface area contributed by atoms with Crippen LogP contribution in [0.3, 0.4) is 0 Å². The number of carbonyl (C=O) groups is 1. The number of hydrogen-bond donors (Lipinski definition) is 2. The van der Waals surface area contributed by atoms with Gasteiger partial charge in [0.05, 0.1) is 15.7 Å². The van der Waals surface area contributed by atoms with Crippen molar-refractivity contribution in [2.24, 2.45) is 0 Å². The number of rotatable bonds is 4. The molecule has 1 amide bonds. The summed E-state index contributed by atoms with van der Waals surface area (Å²) >= 11 is 18.1. The zero-order valence-corrected chi connectivity index (χ0v) is 15.6. The van der Waals surface area contributed by atoms with Crippen molar-refractivity contribution < 1.29 is 9.21 Å². The van der Waals surface area contributed by atoms with Gasteiger partial charge in [-0.3, -0.25) is 4.79 Å². The molecule has 0 spiro atoms. The molecule has 0 fully saturated rings. The second kappa shape index (κ2) is 7.87. The van der Waals surface area contributed by atoms with Crippen LogP contribution in [0.1, 0.15) is 5.76 Å². The summed E-state index contributed by atoms with van der Waals surface area (Å²) in [5, 5.41) is 4.07. The van der Waals surface area contributed by atoms with E-state index in [2.05, 4.69) is 5.32 Å². The number of halogens is 3. The maximum Gasteiger partial charge on any atom is 0.248 e. The van der Waals surface area contributed by atoms with Crippen molar-refractivity contribution in [2.45, 2.75) is 0 Å². The monoisotopic (exact) mass is 406 g/mol. The Kier molecular flexibility index (Phi) is 5.57. The van der Waals surface area contributed by atoms with Crippen LogP contribution in [0.4, 0.5) is 11.4 Å². The molecular weight excluding hydrogens is 395 g/mol. The molecule has 7 heteroatoms. The second-order valence-corrected chi connectivity index (χ2v) is 6.64. The first-order valence-corrected chi connectivity index (χ1v) is 8.65. The van der Waals surface area contributed by atoms with Crippen LogP contribution in [0.2, 0.25) is 15.1 Å². The Balaban J connectivity index is 1.71. The lowest BCUT2D eigenvalue weighted by atomic mass is 10.2. The summed E-state index contributed by atoms with van der Waals surface area (Å²) in [6.45, 7) is 0. The molecule has 0 aliphatic rings. The molecule has 3 aromatic rings. The first-order chi connectivity index (χ1) is 12.4. The number of amides is 1. The molecule has 0 bridgehead atoms. The largest absolute Gasteiger partial charge is 0.457 e. The third-order valence-electron chi connectivity index (χ3n) is 3.47. The summed E-state index contributed by atoms with van der Waals surface area (Å²) in [5.74, 6) is 0.733. The third kappa shape index (κ3) is 4.41. The van der Waals surface area contributed by atoms with E-state index in [9.17, 15) is 4.79 Å². The Bertz CT molecular complexity index is 996. The van der Waals surface area contributed by atoms with Crippen LogP contribution in [-0.2, 0) is 4.79 Å². The highest BCUT2D eigenvalue weighted by atomic mass is 35.5. The van der Waals surface area contributed by atoms with Gasteiger partial charge in [-0.1, -0.05) is 34.8 Å². The van der Waals surface area contributed by atoms with Gasteiger partial charge in [-0.15, -0.1) is 0 Å².